The van der Waals surface area contributed by atoms with Crippen LogP contribution in [-0.2, 0) is 14.9 Å². The van der Waals surface area contributed by atoms with E-state index in [1.54, 1.807) is 18.4 Å². The number of rotatable bonds is 4. The summed E-state index contributed by atoms with van der Waals surface area (Å²) in [7, 11) is 1.64. The molecule has 1 aromatic heterocycles. The number of amides is 1. The normalized spacial score (nSPS) is 23.7. The van der Waals surface area contributed by atoms with Gasteiger partial charge in [-0.2, -0.15) is 0 Å². The monoisotopic (exact) mass is 311 g/mol. The van der Waals surface area contributed by atoms with Crippen LogP contribution in [0.25, 0.3) is 0 Å². The molecule has 1 aromatic rings. The van der Waals surface area contributed by atoms with Gasteiger partial charge in [0.05, 0.1) is 23.4 Å². The van der Waals surface area contributed by atoms with Crippen molar-refractivity contribution in [2.75, 3.05) is 20.3 Å². The molecule has 5 nitrogen and oxygen atoms in total. The van der Waals surface area contributed by atoms with Gasteiger partial charge in [0.2, 0.25) is 5.91 Å². The lowest BCUT2D eigenvalue weighted by Gasteiger charge is -2.38. The molecule has 2 N–H and O–H groups in total. The van der Waals surface area contributed by atoms with Crippen LogP contribution in [0.5, 0.6) is 0 Å². The molecule has 1 aliphatic heterocycles. The van der Waals surface area contributed by atoms with E-state index in [-0.39, 0.29) is 23.4 Å². The number of nitrogens with zero attached hydrogens (tertiary/aromatic N) is 2. The van der Waals surface area contributed by atoms with Crippen molar-refractivity contribution < 1.29 is 9.53 Å². The summed E-state index contributed by atoms with van der Waals surface area (Å²) in [5.41, 5.74) is 7.22. The number of aromatic nitrogens is 1. The summed E-state index contributed by atoms with van der Waals surface area (Å²) in [5, 5.41) is 3.12. The fourth-order valence-corrected chi connectivity index (χ4v) is 3.51. The fourth-order valence-electron chi connectivity index (χ4n) is 2.58. The van der Waals surface area contributed by atoms with Crippen LogP contribution in [0.2, 0.25) is 0 Å². The molecule has 0 saturated carbocycles. The first-order valence-corrected chi connectivity index (χ1v) is 8.22. The van der Waals surface area contributed by atoms with Gasteiger partial charge in [0.25, 0.3) is 0 Å². The van der Waals surface area contributed by atoms with Gasteiger partial charge < -0.3 is 15.4 Å². The number of piperidine rings is 1. The molecule has 0 aromatic carbocycles. The topological polar surface area (TPSA) is 68.5 Å². The highest BCUT2D eigenvalue weighted by Gasteiger charge is 2.36. The molecule has 1 fully saturated rings. The minimum absolute atomic E-state index is 0.0169. The second kappa shape index (κ2) is 6.42. The number of methoxy groups -OCH3 is 1. The van der Waals surface area contributed by atoms with Crippen molar-refractivity contribution in [3.8, 4) is 0 Å². The molecular weight excluding hydrogens is 286 g/mol. The maximum Gasteiger partial charge on any atom is 0.223 e. The number of hydrogen-bond donors (Lipinski definition) is 1. The van der Waals surface area contributed by atoms with Gasteiger partial charge in [0, 0.05) is 36.9 Å². The largest absolute Gasteiger partial charge is 0.383 e. The van der Waals surface area contributed by atoms with E-state index < -0.39 is 0 Å². The smallest absolute Gasteiger partial charge is 0.223 e. The van der Waals surface area contributed by atoms with Crippen LogP contribution < -0.4 is 5.73 Å². The van der Waals surface area contributed by atoms with Gasteiger partial charge in [-0.05, 0) is 6.42 Å². The van der Waals surface area contributed by atoms with Gasteiger partial charge in [-0.25, -0.2) is 4.98 Å². The fraction of sp³-hybridized carbons (Fsp3) is 0.733. The van der Waals surface area contributed by atoms with Crippen LogP contribution in [0.15, 0.2) is 5.38 Å². The maximum absolute atomic E-state index is 12.2. The van der Waals surface area contributed by atoms with Gasteiger partial charge in [-0.3, -0.25) is 4.79 Å². The first-order valence-electron chi connectivity index (χ1n) is 7.34. The maximum atomic E-state index is 12.2. The third-order valence-electron chi connectivity index (χ3n) is 3.76. The van der Waals surface area contributed by atoms with Crippen molar-refractivity contribution in [2.45, 2.75) is 51.1 Å². The first-order chi connectivity index (χ1) is 9.84. The van der Waals surface area contributed by atoms with Crippen LogP contribution in [0, 0.1) is 0 Å². The Hall–Kier alpha value is -0.980. The lowest BCUT2D eigenvalue weighted by atomic mass is 9.94. The lowest BCUT2D eigenvalue weighted by molar-refractivity contribution is -0.138. The molecule has 2 atom stereocenters. The molecule has 2 rings (SSSR count). The Morgan fingerprint density at radius 1 is 1.52 bits per heavy atom. The highest BCUT2D eigenvalue weighted by Crippen LogP contribution is 2.34. The molecule has 0 radical (unpaired) electrons. The van der Waals surface area contributed by atoms with E-state index in [2.05, 4.69) is 20.8 Å². The lowest BCUT2D eigenvalue weighted by Crippen LogP contribution is -2.50. The Bertz CT molecular complexity index is 495. The molecule has 2 unspecified atom stereocenters. The Morgan fingerprint density at radius 2 is 2.24 bits per heavy atom. The van der Waals surface area contributed by atoms with Crippen molar-refractivity contribution in [3.05, 3.63) is 16.1 Å². The molecular formula is C15H25N3O2S. The minimum atomic E-state index is -0.131. The molecule has 1 saturated heterocycles. The van der Waals surface area contributed by atoms with Crippen LogP contribution >= 0.6 is 11.3 Å². The minimum Gasteiger partial charge on any atom is -0.383 e. The molecule has 21 heavy (non-hydrogen) atoms. The number of hydrogen-bond acceptors (Lipinski definition) is 5. The third kappa shape index (κ3) is 3.62. The van der Waals surface area contributed by atoms with Crippen molar-refractivity contribution in [1.29, 1.82) is 0 Å². The molecule has 0 bridgehead atoms. The third-order valence-corrected chi connectivity index (χ3v) is 5.04. The zero-order chi connectivity index (χ0) is 15.6. The molecule has 1 aliphatic rings. The average molecular weight is 311 g/mol. The molecule has 2 heterocycles. The number of ether oxygens (including phenoxy) is 1. The van der Waals surface area contributed by atoms with E-state index >= 15 is 0 Å². The van der Waals surface area contributed by atoms with Gasteiger partial charge in [-0.1, -0.05) is 20.8 Å². The van der Waals surface area contributed by atoms with Crippen LogP contribution in [-0.4, -0.2) is 42.1 Å². The molecule has 118 valence electrons. The average Bonchev–Trinajstić information content (AvgIpc) is 2.89. The van der Waals surface area contributed by atoms with E-state index in [1.165, 1.54) is 0 Å². The van der Waals surface area contributed by atoms with E-state index in [9.17, 15) is 4.79 Å². The molecule has 1 amide bonds. The van der Waals surface area contributed by atoms with Gasteiger partial charge in [0.1, 0.15) is 0 Å². The number of nitrogens with two attached hydrogens (primary N) is 1. The van der Waals surface area contributed by atoms with Crippen LogP contribution in [0.3, 0.4) is 0 Å². The zero-order valence-electron chi connectivity index (χ0n) is 13.3. The summed E-state index contributed by atoms with van der Waals surface area (Å²) in [4.78, 5) is 18.8. The summed E-state index contributed by atoms with van der Waals surface area (Å²) in [6.07, 6.45) is 1.23. The molecule has 0 aliphatic carbocycles. The summed E-state index contributed by atoms with van der Waals surface area (Å²) in [6.45, 7) is 7.51. The Labute approximate surface area is 130 Å². The van der Waals surface area contributed by atoms with Crippen molar-refractivity contribution in [2.24, 2.45) is 5.73 Å². The van der Waals surface area contributed by atoms with E-state index in [4.69, 9.17) is 15.5 Å². The number of thiazole rings is 1. The summed E-state index contributed by atoms with van der Waals surface area (Å²) in [6, 6.07) is -0.191. The van der Waals surface area contributed by atoms with E-state index in [1.807, 2.05) is 10.3 Å². The highest BCUT2D eigenvalue weighted by atomic mass is 32.1. The van der Waals surface area contributed by atoms with E-state index in [0.29, 0.717) is 19.6 Å². The number of carbonyl (C=O) groups excluding carboxylic acids is 1. The SMILES string of the molecule is COCCN1C(=O)CCC(N)C1c1csc(C(C)(C)C)n1. The van der Waals surface area contributed by atoms with Crippen molar-refractivity contribution in [1.82, 2.24) is 9.88 Å². The zero-order valence-corrected chi connectivity index (χ0v) is 14.1. The van der Waals surface area contributed by atoms with Gasteiger partial charge in [-0.15, -0.1) is 11.3 Å². The highest BCUT2D eigenvalue weighted by molar-refractivity contribution is 7.09. The molecule has 6 heteroatoms. The first kappa shape index (κ1) is 16.4. The number of likely N-dealkylation sites (tertiary alicyclic amines) is 1. The van der Waals surface area contributed by atoms with E-state index in [0.717, 1.165) is 17.1 Å². The molecule has 0 spiro atoms. The van der Waals surface area contributed by atoms with Crippen LogP contribution in [0.4, 0.5) is 0 Å². The summed E-state index contributed by atoms with van der Waals surface area (Å²) >= 11 is 1.64. The van der Waals surface area contributed by atoms with Gasteiger partial charge in [0.15, 0.2) is 0 Å². The predicted octanol–water partition coefficient (Wildman–Crippen LogP) is 2.08. The van der Waals surface area contributed by atoms with Crippen molar-refractivity contribution >= 4 is 17.2 Å². The standard InChI is InChI=1S/C15H25N3O2S/c1-15(2,3)14-17-11(9-21-14)13-10(16)5-6-12(19)18(13)7-8-20-4/h9-10,13H,5-8,16H2,1-4H3. The Morgan fingerprint density at radius 3 is 2.81 bits per heavy atom. The quantitative estimate of drug-likeness (QED) is 0.924. The predicted molar refractivity (Wildman–Crippen MR) is 84.4 cm³/mol. The number of carbonyl (C=O) groups is 1. The van der Waals surface area contributed by atoms with Gasteiger partial charge >= 0.3 is 0 Å². The summed E-state index contributed by atoms with van der Waals surface area (Å²) in [5.74, 6) is 0.143. The van der Waals surface area contributed by atoms with Crippen molar-refractivity contribution in [3.63, 3.8) is 0 Å². The van der Waals surface area contributed by atoms with Crippen LogP contribution in [0.1, 0.15) is 50.4 Å². The Kier molecular flexibility index (Phi) is 5.01. The second-order valence-electron chi connectivity index (χ2n) is 6.55. The summed E-state index contributed by atoms with van der Waals surface area (Å²) < 4.78 is 5.12. The second-order valence-corrected chi connectivity index (χ2v) is 7.41. The Balaban J connectivity index is 2.27.